The van der Waals surface area contributed by atoms with Gasteiger partial charge in [0.15, 0.2) is 0 Å². The third kappa shape index (κ3) is 5.06. The Morgan fingerprint density at radius 2 is 1.79 bits per heavy atom. The number of nitro groups is 1. The van der Waals surface area contributed by atoms with Crippen LogP contribution in [0.3, 0.4) is 0 Å². The first-order valence-corrected chi connectivity index (χ1v) is 11.4. The van der Waals surface area contributed by atoms with E-state index in [1.807, 2.05) is 0 Å². The molecule has 0 aromatic heterocycles. The van der Waals surface area contributed by atoms with Crippen molar-refractivity contribution in [1.82, 2.24) is 9.62 Å². The molecule has 0 atom stereocenters. The molecule has 1 aliphatic heterocycles. The van der Waals surface area contributed by atoms with Gasteiger partial charge >= 0.3 is 0 Å². The molecule has 1 heterocycles. The summed E-state index contributed by atoms with van der Waals surface area (Å²) in [6.45, 7) is 0.283. The van der Waals surface area contributed by atoms with Crippen molar-refractivity contribution in [3.05, 3.63) is 33.3 Å². The van der Waals surface area contributed by atoms with E-state index in [9.17, 15) is 28.4 Å². The summed E-state index contributed by atoms with van der Waals surface area (Å²) in [5.41, 5.74) is -0.347. The van der Waals surface area contributed by atoms with Gasteiger partial charge in [-0.15, -0.1) is 0 Å². The van der Waals surface area contributed by atoms with Crippen molar-refractivity contribution in [2.75, 3.05) is 13.1 Å². The van der Waals surface area contributed by atoms with E-state index in [0.717, 1.165) is 25.0 Å². The highest BCUT2D eigenvalue weighted by molar-refractivity contribution is 7.89. The molecule has 0 bridgehead atoms. The number of carbonyl (C=O) groups excluding carboxylic acids is 1. The molecule has 11 heteroatoms. The average molecular weight is 446 g/mol. The van der Waals surface area contributed by atoms with Crippen molar-refractivity contribution in [3.63, 3.8) is 0 Å². The van der Waals surface area contributed by atoms with Gasteiger partial charge in [-0.3, -0.25) is 14.9 Å². The first-order valence-electron chi connectivity index (χ1n) is 9.61. The molecule has 1 aliphatic carbocycles. The van der Waals surface area contributed by atoms with Crippen LogP contribution in [-0.4, -0.2) is 53.9 Å². The predicted molar refractivity (Wildman–Crippen MR) is 106 cm³/mol. The molecule has 0 radical (unpaired) electrons. The summed E-state index contributed by atoms with van der Waals surface area (Å²) in [6.07, 6.45) is 3.27. The number of carbonyl (C=O) groups is 1. The summed E-state index contributed by atoms with van der Waals surface area (Å²) in [4.78, 5) is 22.5. The second-order valence-corrected chi connectivity index (χ2v) is 9.88. The molecular weight excluding hydrogens is 422 g/mol. The molecule has 1 saturated carbocycles. The fourth-order valence-corrected chi connectivity index (χ4v) is 5.80. The standard InChI is InChI=1S/C18H24ClN3O6S/c19-16-6-3-14(22(25)26)11-17(16)29(27,28)21-9-7-12(8-10-21)18(24)20-13-1-4-15(23)5-2-13/h3,6,11-13,15,23H,1-2,4-5,7-10H2,(H,20,24). The molecule has 1 aromatic rings. The Labute approximate surface area is 174 Å². The highest BCUT2D eigenvalue weighted by Crippen LogP contribution is 2.31. The molecule has 9 nitrogen and oxygen atoms in total. The quantitative estimate of drug-likeness (QED) is 0.527. The Morgan fingerprint density at radius 3 is 2.38 bits per heavy atom. The van der Waals surface area contributed by atoms with Crippen molar-refractivity contribution in [2.45, 2.75) is 55.6 Å². The summed E-state index contributed by atoms with van der Waals surface area (Å²) in [6, 6.07) is 3.38. The summed E-state index contributed by atoms with van der Waals surface area (Å²) in [5, 5.41) is 23.5. The van der Waals surface area contributed by atoms with Gasteiger partial charge in [-0.05, 0) is 44.6 Å². The fourth-order valence-electron chi connectivity index (χ4n) is 3.84. The minimum Gasteiger partial charge on any atom is -0.393 e. The third-order valence-corrected chi connectivity index (χ3v) is 7.99. The molecule has 1 amide bonds. The zero-order chi connectivity index (χ0) is 21.2. The Kier molecular flexibility index (Phi) is 6.77. The second-order valence-electron chi connectivity index (χ2n) is 7.56. The number of nitrogens with zero attached hydrogens (tertiary/aromatic N) is 2. The van der Waals surface area contributed by atoms with Gasteiger partial charge in [-0.25, -0.2) is 8.42 Å². The molecule has 29 heavy (non-hydrogen) atoms. The highest BCUT2D eigenvalue weighted by Gasteiger charge is 2.34. The van der Waals surface area contributed by atoms with Crippen LogP contribution in [0.1, 0.15) is 38.5 Å². The second kappa shape index (κ2) is 8.95. The number of hydrogen-bond donors (Lipinski definition) is 2. The molecule has 3 rings (SSSR count). The van der Waals surface area contributed by atoms with Crippen LogP contribution in [0, 0.1) is 16.0 Å². The number of aliphatic hydroxyl groups excluding tert-OH is 1. The Bertz CT molecular complexity index is 878. The summed E-state index contributed by atoms with van der Waals surface area (Å²) in [5.74, 6) is -0.370. The van der Waals surface area contributed by atoms with Crippen molar-refractivity contribution in [3.8, 4) is 0 Å². The van der Waals surface area contributed by atoms with Crippen LogP contribution in [0.2, 0.25) is 5.02 Å². The number of benzene rings is 1. The molecule has 2 fully saturated rings. The number of amides is 1. The van der Waals surface area contributed by atoms with Crippen molar-refractivity contribution < 1.29 is 23.2 Å². The maximum atomic E-state index is 12.9. The molecule has 2 aliphatic rings. The summed E-state index contributed by atoms with van der Waals surface area (Å²) in [7, 11) is -3.99. The Morgan fingerprint density at radius 1 is 1.17 bits per heavy atom. The zero-order valence-corrected chi connectivity index (χ0v) is 17.4. The number of non-ortho nitro benzene ring substituents is 1. The number of nitrogens with one attached hydrogen (secondary N) is 1. The van der Waals surface area contributed by atoms with Gasteiger partial charge < -0.3 is 10.4 Å². The predicted octanol–water partition coefficient (Wildman–Crippen LogP) is 2.07. The largest absolute Gasteiger partial charge is 0.393 e. The number of rotatable bonds is 5. The van der Waals surface area contributed by atoms with E-state index in [0.29, 0.717) is 25.7 Å². The van der Waals surface area contributed by atoms with E-state index in [-0.39, 0.29) is 52.7 Å². The molecular formula is C18H24ClN3O6S. The van der Waals surface area contributed by atoms with Crippen LogP contribution in [-0.2, 0) is 14.8 Å². The monoisotopic (exact) mass is 445 g/mol. The minimum absolute atomic E-state index is 0.0522. The van der Waals surface area contributed by atoms with Crippen LogP contribution in [0.4, 0.5) is 5.69 Å². The smallest absolute Gasteiger partial charge is 0.270 e. The van der Waals surface area contributed by atoms with E-state index in [2.05, 4.69) is 5.32 Å². The number of piperidine rings is 1. The van der Waals surface area contributed by atoms with Gasteiger partial charge in [-0.1, -0.05) is 11.6 Å². The van der Waals surface area contributed by atoms with E-state index in [1.54, 1.807) is 0 Å². The van der Waals surface area contributed by atoms with E-state index >= 15 is 0 Å². The zero-order valence-electron chi connectivity index (χ0n) is 15.8. The van der Waals surface area contributed by atoms with Crippen LogP contribution >= 0.6 is 11.6 Å². The van der Waals surface area contributed by atoms with Gasteiger partial charge in [0, 0.05) is 37.2 Å². The lowest BCUT2D eigenvalue weighted by atomic mass is 9.91. The third-order valence-electron chi connectivity index (χ3n) is 5.61. The van der Waals surface area contributed by atoms with Crippen LogP contribution in [0.25, 0.3) is 0 Å². The first-order chi connectivity index (χ1) is 13.7. The Balaban J connectivity index is 1.62. The van der Waals surface area contributed by atoms with Gasteiger partial charge in [0.1, 0.15) is 4.90 Å². The number of hydrogen-bond acceptors (Lipinski definition) is 6. The average Bonchev–Trinajstić information content (AvgIpc) is 2.69. The lowest BCUT2D eigenvalue weighted by molar-refractivity contribution is -0.385. The number of nitro benzene ring substituents is 1. The lowest BCUT2D eigenvalue weighted by Crippen LogP contribution is -2.46. The van der Waals surface area contributed by atoms with Crippen LogP contribution in [0.15, 0.2) is 23.1 Å². The van der Waals surface area contributed by atoms with Gasteiger partial charge in [-0.2, -0.15) is 4.31 Å². The highest BCUT2D eigenvalue weighted by atomic mass is 35.5. The fraction of sp³-hybridized carbons (Fsp3) is 0.611. The SMILES string of the molecule is O=C(NC1CCC(O)CC1)C1CCN(S(=O)(=O)c2cc([N+](=O)[O-])ccc2Cl)CC1. The molecule has 160 valence electrons. The number of sulfonamides is 1. The number of halogens is 1. The maximum Gasteiger partial charge on any atom is 0.270 e. The Hall–Kier alpha value is -1.75. The van der Waals surface area contributed by atoms with E-state index < -0.39 is 14.9 Å². The van der Waals surface area contributed by atoms with Gasteiger partial charge in [0.05, 0.1) is 16.0 Å². The molecule has 0 spiro atoms. The minimum atomic E-state index is -3.99. The molecule has 1 aromatic carbocycles. The maximum absolute atomic E-state index is 12.9. The summed E-state index contributed by atoms with van der Waals surface area (Å²) < 4.78 is 27.0. The van der Waals surface area contributed by atoms with Crippen molar-refractivity contribution in [2.24, 2.45) is 5.92 Å². The van der Waals surface area contributed by atoms with Crippen molar-refractivity contribution in [1.29, 1.82) is 0 Å². The number of aliphatic hydroxyl groups is 1. The summed E-state index contributed by atoms with van der Waals surface area (Å²) >= 11 is 5.99. The topological polar surface area (TPSA) is 130 Å². The normalized spacial score (nSPS) is 24.2. The molecule has 2 N–H and O–H groups in total. The van der Waals surface area contributed by atoms with Gasteiger partial charge in [0.2, 0.25) is 15.9 Å². The van der Waals surface area contributed by atoms with Crippen LogP contribution < -0.4 is 5.32 Å². The van der Waals surface area contributed by atoms with Gasteiger partial charge in [0.25, 0.3) is 5.69 Å². The van der Waals surface area contributed by atoms with E-state index in [1.165, 1.54) is 10.4 Å². The first kappa shape index (κ1) is 21.9. The lowest BCUT2D eigenvalue weighted by Gasteiger charge is -2.32. The molecule has 1 saturated heterocycles. The van der Waals surface area contributed by atoms with Crippen LogP contribution in [0.5, 0.6) is 0 Å². The van der Waals surface area contributed by atoms with E-state index in [4.69, 9.17) is 11.6 Å². The molecule has 0 unspecified atom stereocenters. The van der Waals surface area contributed by atoms with Crippen molar-refractivity contribution >= 4 is 33.2 Å².